The molecule has 0 aromatic carbocycles. The van der Waals surface area contributed by atoms with E-state index < -0.39 is 30.7 Å². The van der Waals surface area contributed by atoms with Crippen molar-refractivity contribution in [1.82, 2.24) is 0 Å². The maximum Gasteiger partial charge on any atom is 0.184 e. The summed E-state index contributed by atoms with van der Waals surface area (Å²) in [6.45, 7) is 0.0303. The van der Waals surface area contributed by atoms with Crippen LogP contribution in [0, 0.1) is 0 Å². The van der Waals surface area contributed by atoms with Gasteiger partial charge >= 0.3 is 0 Å². The lowest BCUT2D eigenvalue weighted by Crippen LogP contribution is -2.58. The zero-order valence-electron chi connectivity index (χ0n) is 6.58. The summed E-state index contributed by atoms with van der Waals surface area (Å²) < 4.78 is 9.45. The zero-order chi connectivity index (χ0) is 10.0. The van der Waals surface area contributed by atoms with Gasteiger partial charge in [0.05, 0.1) is 6.61 Å². The van der Waals surface area contributed by atoms with Gasteiger partial charge in [0.1, 0.15) is 47.4 Å². The first kappa shape index (κ1) is 11.6. The predicted molar refractivity (Wildman–Crippen MR) is 48.9 cm³/mol. The molecule has 0 aromatic rings. The van der Waals surface area contributed by atoms with Gasteiger partial charge in [-0.15, -0.1) is 0 Å². The van der Waals surface area contributed by atoms with Crippen LogP contribution in [0.1, 0.15) is 0 Å². The Labute approximate surface area is 88.8 Å². The summed E-state index contributed by atoms with van der Waals surface area (Å²) in [5.74, 6) is 0. The summed E-state index contributed by atoms with van der Waals surface area (Å²) in [6.07, 6.45) is -6.48. The monoisotopic (exact) mass is 306 g/mol. The van der Waals surface area contributed by atoms with Gasteiger partial charge in [-0.2, -0.15) is 0 Å². The van der Waals surface area contributed by atoms with Crippen molar-refractivity contribution in [2.24, 2.45) is 0 Å². The van der Waals surface area contributed by atoms with E-state index >= 15 is 0 Å². The van der Waals surface area contributed by atoms with Crippen molar-refractivity contribution in [2.45, 2.75) is 30.7 Å². The Morgan fingerprint density at radius 3 is 2.23 bits per heavy atom. The molecule has 0 bridgehead atoms. The molecule has 5 atom stereocenters. The van der Waals surface area contributed by atoms with E-state index in [1.54, 1.807) is 23.0 Å². The molecule has 1 aliphatic heterocycles. The second-order valence-corrected chi connectivity index (χ2v) is 3.44. The molecule has 0 aromatic heterocycles. The Kier molecular flexibility index (Phi) is 4.29. The highest BCUT2D eigenvalue weighted by atomic mass is 127. The van der Waals surface area contributed by atoms with E-state index in [0.29, 0.717) is 0 Å². The molecule has 0 unspecified atom stereocenters. The smallest absolute Gasteiger partial charge is 0.184 e. The number of rotatable bonds is 2. The van der Waals surface area contributed by atoms with Crippen molar-refractivity contribution in [1.29, 1.82) is 0 Å². The molecule has 0 aliphatic carbocycles. The minimum Gasteiger partial charge on any atom is -0.387 e. The normalized spacial score (nSPS) is 46.4. The molecular weight excluding hydrogens is 295 g/mol. The van der Waals surface area contributed by atoms with Crippen LogP contribution in [0.25, 0.3) is 0 Å². The van der Waals surface area contributed by atoms with Gasteiger partial charge in [-0.3, -0.25) is 0 Å². The lowest BCUT2D eigenvalue weighted by Gasteiger charge is -2.37. The first-order valence-electron chi connectivity index (χ1n) is 3.69. The Balaban J connectivity index is 2.59. The van der Waals surface area contributed by atoms with Gasteiger partial charge in [-0.25, -0.2) is 0 Å². The minimum atomic E-state index is -1.49. The Morgan fingerprint density at radius 2 is 1.69 bits per heavy atom. The summed E-state index contributed by atoms with van der Waals surface area (Å²) in [7, 11) is 0. The third-order valence-corrected chi connectivity index (χ3v) is 2.27. The summed E-state index contributed by atoms with van der Waals surface area (Å²) >= 11 is 1.60. The third-order valence-electron chi connectivity index (χ3n) is 1.91. The number of halogens is 1. The maximum absolute atomic E-state index is 9.33. The summed E-state index contributed by atoms with van der Waals surface area (Å²) in [5.41, 5.74) is 0. The van der Waals surface area contributed by atoms with Gasteiger partial charge in [-0.1, -0.05) is 0 Å². The molecule has 78 valence electrons. The summed E-state index contributed by atoms with van der Waals surface area (Å²) in [5, 5.41) is 36.7. The van der Waals surface area contributed by atoms with E-state index in [4.69, 9.17) is 14.9 Å². The fourth-order valence-electron chi connectivity index (χ4n) is 1.13. The van der Waals surface area contributed by atoms with Crippen LogP contribution in [0.2, 0.25) is 0 Å². The van der Waals surface area contributed by atoms with Crippen LogP contribution in [-0.2, 0) is 7.80 Å². The SMILES string of the molecule is O[C@@H]1[C@@H](O)[C@@H](O)O[C@H](COI)[C@H]1O. The molecule has 1 aliphatic rings. The van der Waals surface area contributed by atoms with E-state index in [-0.39, 0.29) is 6.61 Å². The largest absolute Gasteiger partial charge is 0.387 e. The molecule has 7 heteroatoms. The van der Waals surface area contributed by atoms with Gasteiger partial charge in [0.2, 0.25) is 0 Å². The lowest BCUT2D eigenvalue weighted by molar-refractivity contribution is -0.284. The quantitative estimate of drug-likeness (QED) is 0.447. The second-order valence-electron chi connectivity index (χ2n) is 2.81. The highest BCUT2D eigenvalue weighted by Crippen LogP contribution is 2.20. The van der Waals surface area contributed by atoms with E-state index in [2.05, 4.69) is 3.07 Å². The fourth-order valence-corrected chi connectivity index (χ4v) is 1.49. The van der Waals surface area contributed by atoms with Crippen LogP contribution in [0.5, 0.6) is 0 Å². The topological polar surface area (TPSA) is 99.4 Å². The van der Waals surface area contributed by atoms with Crippen LogP contribution in [0.15, 0.2) is 0 Å². The van der Waals surface area contributed by atoms with Gasteiger partial charge in [-0.05, 0) is 0 Å². The molecule has 1 rings (SSSR count). The van der Waals surface area contributed by atoms with Crippen LogP contribution in [-0.4, -0.2) is 57.7 Å². The summed E-state index contributed by atoms with van der Waals surface area (Å²) in [4.78, 5) is 0. The molecule has 1 saturated heterocycles. The molecular formula is C6H11IO6. The van der Waals surface area contributed by atoms with Crippen LogP contribution >= 0.6 is 23.0 Å². The van der Waals surface area contributed by atoms with Crippen molar-refractivity contribution in [3.05, 3.63) is 0 Å². The van der Waals surface area contributed by atoms with Crippen molar-refractivity contribution in [2.75, 3.05) is 6.61 Å². The second kappa shape index (κ2) is 4.82. The first-order valence-corrected chi connectivity index (χ1v) is 4.57. The van der Waals surface area contributed by atoms with Crippen LogP contribution < -0.4 is 0 Å². The van der Waals surface area contributed by atoms with Gasteiger partial charge in [0, 0.05) is 0 Å². The molecule has 1 fully saturated rings. The van der Waals surface area contributed by atoms with Gasteiger partial charge in [0.15, 0.2) is 6.29 Å². The van der Waals surface area contributed by atoms with Crippen molar-refractivity contribution >= 4 is 23.0 Å². The van der Waals surface area contributed by atoms with Crippen molar-refractivity contribution in [3.63, 3.8) is 0 Å². The Hall–Kier alpha value is 0.490. The molecule has 0 saturated carbocycles. The molecule has 13 heavy (non-hydrogen) atoms. The maximum atomic E-state index is 9.33. The van der Waals surface area contributed by atoms with E-state index in [1.165, 1.54) is 0 Å². The molecule has 4 N–H and O–H groups in total. The average molecular weight is 306 g/mol. The van der Waals surface area contributed by atoms with E-state index in [9.17, 15) is 10.2 Å². The van der Waals surface area contributed by atoms with Crippen molar-refractivity contribution < 1.29 is 28.2 Å². The van der Waals surface area contributed by atoms with Crippen LogP contribution in [0.4, 0.5) is 0 Å². The number of hydrogen-bond acceptors (Lipinski definition) is 6. The van der Waals surface area contributed by atoms with Crippen molar-refractivity contribution in [3.8, 4) is 0 Å². The number of hydrogen-bond donors (Lipinski definition) is 4. The Morgan fingerprint density at radius 1 is 1.08 bits per heavy atom. The van der Waals surface area contributed by atoms with Gasteiger partial charge < -0.3 is 28.2 Å². The summed E-state index contributed by atoms with van der Waals surface area (Å²) in [6, 6.07) is 0. The standard InChI is InChI=1S/C6H11IO6/c7-12-1-2-3(8)4(9)5(10)6(11)13-2/h2-6,8-11H,1H2/t2-,3-,4+,5-,6+/m1/s1. The number of ether oxygens (including phenoxy) is 1. The molecule has 6 nitrogen and oxygen atoms in total. The number of aliphatic hydroxyl groups excluding tert-OH is 4. The van der Waals surface area contributed by atoms with Crippen LogP contribution in [0.3, 0.4) is 0 Å². The number of aliphatic hydroxyl groups is 4. The third kappa shape index (κ3) is 2.49. The zero-order valence-corrected chi connectivity index (χ0v) is 8.73. The molecule has 0 amide bonds. The highest BCUT2D eigenvalue weighted by molar-refractivity contribution is 14.1. The molecule has 0 spiro atoms. The molecule has 0 radical (unpaired) electrons. The van der Waals surface area contributed by atoms with E-state index in [0.717, 1.165) is 0 Å². The Bertz CT molecular complexity index is 167. The molecule has 1 heterocycles. The lowest BCUT2D eigenvalue weighted by atomic mass is 10.00. The average Bonchev–Trinajstić information content (AvgIpc) is 2.11. The minimum absolute atomic E-state index is 0.0303. The first-order chi connectivity index (χ1) is 6.07. The highest BCUT2D eigenvalue weighted by Gasteiger charge is 2.42. The van der Waals surface area contributed by atoms with E-state index in [1.807, 2.05) is 0 Å². The predicted octanol–water partition coefficient (Wildman–Crippen LogP) is -1.85. The fraction of sp³-hybridized carbons (Fsp3) is 1.00. The van der Waals surface area contributed by atoms with Gasteiger partial charge in [0.25, 0.3) is 0 Å².